The number of sulfone groups is 1. The standard InChI is InChI=1S/C37H33ClF6N6O4S/c1-16-28(46-17(2)51)13-24(23-5-6-27(38)31-29(15-55(4,53)54)47-49(3)34(23)31)32(45-16)19(7-18-8-20(39)11-21(40)9-18)10-22(52)14-50-35-30(33(48-50)36(41)42)25-12-26(25)37(35,43)44/h5-6,8-9,11,13,19,25-26,36H,7,10,12,14-15H2,1-4H3,(H,46,51)/t19-,25+,26-/m1/s1. The molecule has 2 aromatic carbocycles. The Morgan fingerprint density at radius 1 is 1.05 bits per heavy atom. The van der Waals surface area contributed by atoms with Gasteiger partial charge in [0.15, 0.2) is 15.6 Å². The molecule has 290 valence electrons. The van der Waals surface area contributed by atoms with E-state index in [1.165, 1.54) is 17.7 Å². The van der Waals surface area contributed by atoms with E-state index in [0.29, 0.717) is 32.8 Å². The molecule has 18 heteroatoms. The number of halogens is 7. The van der Waals surface area contributed by atoms with Crippen molar-refractivity contribution in [2.45, 2.75) is 69.6 Å². The van der Waals surface area contributed by atoms with Gasteiger partial charge >= 0.3 is 0 Å². The fourth-order valence-electron chi connectivity index (χ4n) is 7.85. The van der Waals surface area contributed by atoms with Gasteiger partial charge in [-0.3, -0.25) is 23.9 Å². The van der Waals surface area contributed by atoms with E-state index in [-0.39, 0.29) is 51.8 Å². The van der Waals surface area contributed by atoms with Crippen molar-refractivity contribution in [3.63, 3.8) is 0 Å². The topological polar surface area (TPSA) is 129 Å². The predicted octanol–water partition coefficient (Wildman–Crippen LogP) is 7.71. The van der Waals surface area contributed by atoms with Crippen LogP contribution in [0.3, 0.4) is 0 Å². The van der Waals surface area contributed by atoms with E-state index in [1.54, 1.807) is 26.1 Å². The third kappa shape index (κ3) is 7.23. The molecule has 10 nitrogen and oxygen atoms in total. The largest absolute Gasteiger partial charge is 0.325 e. The number of benzene rings is 2. The summed E-state index contributed by atoms with van der Waals surface area (Å²) in [6.45, 7) is 2.07. The molecule has 0 saturated heterocycles. The number of aryl methyl sites for hydroxylation is 2. The van der Waals surface area contributed by atoms with Crippen LogP contribution in [0.4, 0.5) is 32.0 Å². The van der Waals surface area contributed by atoms with Gasteiger partial charge < -0.3 is 5.32 Å². The molecule has 1 amide bonds. The van der Waals surface area contributed by atoms with Gasteiger partial charge in [0, 0.05) is 66.6 Å². The fraction of sp³-hybridized carbons (Fsp3) is 0.378. The van der Waals surface area contributed by atoms with Gasteiger partial charge in [0.2, 0.25) is 5.91 Å². The molecular formula is C37H33ClF6N6O4S. The molecule has 1 N–H and O–H groups in total. The smallest absolute Gasteiger partial charge is 0.293 e. The maximum Gasteiger partial charge on any atom is 0.293 e. The van der Waals surface area contributed by atoms with Gasteiger partial charge in [-0.2, -0.15) is 19.0 Å². The highest BCUT2D eigenvalue weighted by molar-refractivity contribution is 7.89. The second-order valence-electron chi connectivity index (χ2n) is 14.3. The zero-order valence-electron chi connectivity index (χ0n) is 29.7. The summed E-state index contributed by atoms with van der Waals surface area (Å²) in [6, 6.07) is 7.51. The Bertz CT molecular complexity index is 2520. The number of alkyl halides is 4. The Balaban J connectivity index is 1.39. The highest BCUT2D eigenvalue weighted by Crippen LogP contribution is 2.68. The van der Waals surface area contributed by atoms with E-state index in [9.17, 15) is 35.6 Å². The van der Waals surface area contributed by atoms with E-state index >= 15 is 8.78 Å². The van der Waals surface area contributed by atoms with Crippen molar-refractivity contribution in [1.82, 2.24) is 24.5 Å². The molecule has 7 rings (SSSR count). The Labute approximate surface area is 315 Å². The number of Topliss-reactive ketones (excluding diaryl/α,β-unsaturated/α-hetero) is 1. The van der Waals surface area contributed by atoms with Crippen LogP contribution in [0.2, 0.25) is 5.02 Å². The minimum Gasteiger partial charge on any atom is -0.325 e. The molecular weight excluding hydrogens is 774 g/mol. The lowest BCUT2D eigenvalue weighted by Crippen LogP contribution is -2.24. The summed E-state index contributed by atoms with van der Waals surface area (Å²) in [6.07, 6.45) is -2.75. The van der Waals surface area contributed by atoms with Crippen molar-refractivity contribution in [2.24, 2.45) is 13.0 Å². The number of rotatable bonds is 12. The number of carbonyl (C=O) groups is 2. The van der Waals surface area contributed by atoms with Gasteiger partial charge in [0.25, 0.3) is 12.3 Å². The number of ketones is 1. The summed E-state index contributed by atoms with van der Waals surface area (Å²) in [5.41, 5.74) is 0.338. The van der Waals surface area contributed by atoms with Gasteiger partial charge in [-0.1, -0.05) is 17.7 Å². The van der Waals surface area contributed by atoms with Crippen LogP contribution < -0.4 is 5.32 Å². The average Bonchev–Trinajstić information content (AvgIpc) is 3.60. The maximum absolute atomic E-state index is 15.4. The Kier molecular flexibility index (Phi) is 9.63. The van der Waals surface area contributed by atoms with E-state index in [2.05, 4.69) is 15.5 Å². The molecule has 2 aliphatic carbocycles. The number of carbonyl (C=O) groups excluding carboxylic acids is 2. The molecule has 3 atom stereocenters. The molecule has 1 saturated carbocycles. The zero-order valence-corrected chi connectivity index (χ0v) is 31.3. The van der Waals surface area contributed by atoms with E-state index in [4.69, 9.17) is 16.6 Å². The number of pyridine rings is 1. The zero-order chi connectivity index (χ0) is 39.9. The van der Waals surface area contributed by atoms with Crippen LogP contribution in [0.5, 0.6) is 0 Å². The lowest BCUT2D eigenvalue weighted by Gasteiger charge is -2.23. The molecule has 1 fully saturated rings. The number of nitrogens with one attached hydrogen (secondary N) is 1. The van der Waals surface area contributed by atoms with Crippen molar-refractivity contribution in [1.29, 1.82) is 0 Å². The first-order valence-electron chi connectivity index (χ1n) is 17.1. The number of amides is 1. The normalized spacial score (nSPS) is 17.7. The SMILES string of the molecule is CC(=O)Nc1cc(-c2ccc(Cl)c3c(CS(C)(=O)=O)nn(C)c23)c([C@@H](CC(=O)Cn2nc(C(F)F)c3c2C(F)(F)[C@@H]2C[C@H]32)Cc2cc(F)cc(F)c2)nc1C. The lowest BCUT2D eigenvalue weighted by atomic mass is 9.86. The van der Waals surface area contributed by atoms with Crippen molar-refractivity contribution < 1.29 is 44.3 Å². The Morgan fingerprint density at radius 2 is 1.75 bits per heavy atom. The molecule has 3 aromatic heterocycles. The first-order valence-corrected chi connectivity index (χ1v) is 19.5. The molecule has 5 aromatic rings. The Hall–Kier alpha value is -4.77. The third-order valence-corrected chi connectivity index (χ3v) is 11.1. The van der Waals surface area contributed by atoms with Crippen LogP contribution in [-0.4, -0.2) is 50.9 Å². The van der Waals surface area contributed by atoms with Gasteiger partial charge in [-0.05, 0) is 55.5 Å². The maximum atomic E-state index is 15.4. The van der Waals surface area contributed by atoms with E-state index in [1.807, 2.05) is 0 Å². The fourth-order valence-corrected chi connectivity index (χ4v) is 8.81. The molecule has 3 heterocycles. The van der Waals surface area contributed by atoms with Crippen molar-refractivity contribution in [2.75, 3.05) is 11.6 Å². The van der Waals surface area contributed by atoms with Crippen LogP contribution in [0.25, 0.3) is 22.0 Å². The van der Waals surface area contributed by atoms with Gasteiger partial charge in [-0.25, -0.2) is 26.0 Å². The third-order valence-electron chi connectivity index (χ3n) is 10.0. The molecule has 0 spiro atoms. The van der Waals surface area contributed by atoms with Gasteiger partial charge in [-0.15, -0.1) is 0 Å². The summed E-state index contributed by atoms with van der Waals surface area (Å²) in [5, 5.41) is 11.4. The van der Waals surface area contributed by atoms with Crippen LogP contribution in [-0.2, 0) is 51.1 Å². The first-order chi connectivity index (χ1) is 25.7. The summed E-state index contributed by atoms with van der Waals surface area (Å²) in [5.74, 6) is -9.81. The summed E-state index contributed by atoms with van der Waals surface area (Å²) < 4.78 is 115. The molecule has 0 unspecified atom stereocenters. The van der Waals surface area contributed by atoms with Crippen LogP contribution in [0.1, 0.15) is 77.6 Å². The summed E-state index contributed by atoms with van der Waals surface area (Å²) in [7, 11) is -2.02. The molecule has 2 aliphatic rings. The number of anilines is 1. The number of nitrogens with zero attached hydrogens (tertiary/aromatic N) is 5. The quantitative estimate of drug-likeness (QED) is 0.128. The lowest BCUT2D eigenvalue weighted by molar-refractivity contribution is -0.120. The average molecular weight is 807 g/mol. The van der Waals surface area contributed by atoms with Crippen LogP contribution in [0, 0.1) is 24.5 Å². The molecule has 0 bridgehead atoms. The first kappa shape index (κ1) is 38.5. The number of hydrogen-bond donors (Lipinski definition) is 1. The van der Waals surface area contributed by atoms with Crippen LogP contribution in [0.15, 0.2) is 36.4 Å². The second-order valence-corrected chi connectivity index (χ2v) is 16.8. The second kappa shape index (κ2) is 13.8. The molecule has 0 radical (unpaired) electrons. The molecule has 55 heavy (non-hydrogen) atoms. The minimum atomic E-state index is -3.58. The number of fused-ring (bicyclic) bond motifs is 4. The van der Waals surface area contributed by atoms with Gasteiger partial charge in [0.1, 0.15) is 29.6 Å². The highest BCUT2D eigenvalue weighted by atomic mass is 35.5. The monoisotopic (exact) mass is 806 g/mol. The summed E-state index contributed by atoms with van der Waals surface area (Å²) >= 11 is 6.62. The Morgan fingerprint density at radius 3 is 2.38 bits per heavy atom. The summed E-state index contributed by atoms with van der Waals surface area (Å²) in [4.78, 5) is 31.0. The van der Waals surface area contributed by atoms with Crippen molar-refractivity contribution in [3.05, 3.63) is 92.7 Å². The molecule has 0 aliphatic heterocycles. The van der Waals surface area contributed by atoms with Crippen molar-refractivity contribution >= 4 is 49.7 Å². The highest BCUT2D eigenvalue weighted by Gasteiger charge is 2.67. The van der Waals surface area contributed by atoms with Crippen molar-refractivity contribution in [3.8, 4) is 11.1 Å². The van der Waals surface area contributed by atoms with Gasteiger partial charge in [0.05, 0.1) is 39.1 Å². The number of aromatic nitrogens is 5. The van der Waals surface area contributed by atoms with E-state index in [0.717, 1.165) is 18.4 Å². The van der Waals surface area contributed by atoms with E-state index < -0.39 is 93.4 Å². The minimum absolute atomic E-state index is 0.0400. The van der Waals surface area contributed by atoms with Crippen LogP contribution >= 0.6 is 11.6 Å². The predicted molar refractivity (Wildman–Crippen MR) is 191 cm³/mol. The number of hydrogen-bond acceptors (Lipinski definition) is 7.